The van der Waals surface area contributed by atoms with E-state index in [1.54, 1.807) is 10.5 Å². The molecule has 134 valence electrons. The first-order valence-electron chi connectivity index (χ1n) is 8.78. The molecule has 0 spiro atoms. The highest BCUT2D eigenvalue weighted by molar-refractivity contribution is 5.41. The van der Waals surface area contributed by atoms with Crippen LogP contribution in [0.3, 0.4) is 0 Å². The van der Waals surface area contributed by atoms with Crippen LogP contribution in [0.4, 0.5) is 0 Å². The summed E-state index contributed by atoms with van der Waals surface area (Å²) in [5.41, 5.74) is 2.32. The van der Waals surface area contributed by atoms with Crippen LogP contribution in [0, 0.1) is 6.92 Å². The molecule has 0 saturated heterocycles. The lowest BCUT2D eigenvalue weighted by molar-refractivity contribution is -0.896. The van der Waals surface area contributed by atoms with E-state index in [0.717, 1.165) is 29.4 Å². The van der Waals surface area contributed by atoms with Crippen molar-refractivity contribution in [2.45, 2.75) is 19.6 Å². The second-order valence-corrected chi connectivity index (χ2v) is 6.78. The van der Waals surface area contributed by atoms with Crippen LogP contribution in [0.15, 0.2) is 53.3 Å². The van der Waals surface area contributed by atoms with E-state index in [-0.39, 0.29) is 11.7 Å². The van der Waals surface area contributed by atoms with Gasteiger partial charge in [-0.1, -0.05) is 18.2 Å². The number of rotatable bonds is 4. The molecule has 6 heteroatoms. The van der Waals surface area contributed by atoms with Gasteiger partial charge in [0.25, 0.3) is 5.56 Å². The van der Waals surface area contributed by atoms with Crippen molar-refractivity contribution in [2.75, 3.05) is 20.2 Å². The van der Waals surface area contributed by atoms with Gasteiger partial charge in [0.15, 0.2) is 17.6 Å². The number of nitrogens with zero attached hydrogens (tertiary/aromatic N) is 2. The van der Waals surface area contributed by atoms with Gasteiger partial charge in [-0.2, -0.15) is 0 Å². The molecule has 0 fully saturated rings. The Balaban J connectivity index is 1.46. The monoisotopic (exact) mass is 352 g/mol. The number of benzene rings is 1. The number of hydrogen-bond acceptors (Lipinski definition) is 4. The van der Waals surface area contributed by atoms with Crippen LogP contribution in [0.25, 0.3) is 5.65 Å². The maximum atomic E-state index is 12.4. The Labute approximate surface area is 151 Å². The molecular formula is C20H22N3O3+. The molecule has 3 aromatic rings. The number of fused-ring (bicyclic) bond motifs is 2. The standard InChI is InChI=1S/C20H21N3O3/c1-14-6-5-9-19-21-15(10-20(24)23(14)19)11-22(2)12-16-13-25-17-7-3-4-8-18(17)26-16/h3-10,16H,11-13H2,1-2H3/p+1/t16-/m0/s1. The number of aromatic nitrogens is 2. The Morgan fingerprint density at radius 2 is 2.00 bits per heavy atom. The van der Waals surface area contributed by atoms with E-state index in [4.69, 9.17) is 9.47 Å². The number of hydrogen-bond donors (Lipinski definition) is 1. The minimum Gasteiger partial charge on any atom is -0.486 e. The van der Waals surface area contributed by atoms with Crippen molar-refractivity contribution in [3.63, 3.8) is 0 Å². The highest BCUT2D eigenvalue weighted by Crippen LogP contribution is 2.30. The lowest BCUT2D eigenvalue weighted by atomic mass is 10.2. The molecule has 1 aromatic carbocycles. The van der Waals surface area contributed by atoms with Gasteiger partial charge in [0.1, 0.15) is 31.0 Å². The van der Waals surface area contributed by atoms with Crippen molar-refractivity contribution < 1.29 is 14.4 Å². The van der Waals surface area contributed by atoms with E-state index in [2.05, 4.69) is 12.0 Å². The van der Waals surface area contributed by atoms with Gasteiger partial charge in [0, 0.05) is 11.8 Å². The van der Waals surface area contributed by atoms with Gasteiger partial charge in [0.05, 0.1) is 7.05 Å². The zero-order chi connectivity index (χ0) is 18.1. The van der Waals surface area contributed by atoms with Gasteiger partial charge in [0.2, 0.25) is 0 Å². The largest absolute Gasteiger partial charge is 0.486 e. The molecule has 1 aliphatic rings. The van der Waals surface area contributed by atoms with Crippen LogP contribution in [0.1, 0.15) is 11.4 Å². The molecule has 1 aliphatic heterocycles. The van der Waals surface area contributed by atoms with E-state index in [0.29, 0.717) is 18.8 Å². The number of likely N-dealkylation sites (N-methyl/N-ethyl adjacent to an activating group) is 1. The molecule has 0 bridgehead atoms. The van der Waals surface area contributed by atoms with Crippen LogP contribution in [0.5, 0.6) is 11.5 Å². The fraction of sp³-hybridized carbons (Fsp3) is 0.300. The summed E-state index contributed by atoms with van der Waals surface area (Å²) in [4.78, 5) is 18.2. The maximum Gasteiger partial charge on any atom is 0.258 e. The first-order chi connectivity index (χ1) is 12.6. The summed E-state index contributed by atoms with van der Waals surface area (Å²) >= 11 is 0. The third-order valence-corrected chi connectivity index (χ3v) is 4.56. The van der Waals surface area contributed by atoms with E-state index >= 15 is 0 Å². The third kappa shape index (κ3) is 3.28. The molecule has 26 heavy (non-hydrogen) atoms. The molecule has 3 heterocycles. The summed E-state index contributed by atoms with van der Waals surface area (Å²) in [5, 5.41) is 0. The van der Waals surface area contributed by atoms with Crippen molar-refractivity contribution in [2.24, 2.45) is 0 Å². The summed E-state index contributed by atoms with van der Waals surface area (Å²) in [6, 6.07) is 15.0. The number of ether oxygens (including phenoxy) is 2. The molecular weight excluding hydrogens is 330 g/mol. The number of pyridine rings is 1. The van der Waals surface area contributed by atoms with Gasteiger partial charge >= 0.3 is 0 Å². The summed E-state index contributed by atoms with van der Waals surface area (Å²) in [6.07, 6.45) is -0.0197. The zero-order valence-corrected chi connectivity index (χ0v) is 14.9. The van der Waals surface area contributed by atoms with Crippen molar-refractivity contribution in [1.29, 1.82) is 0 Å². The van der Waals surface area contributed by atoms with Crippen LogP contribution < -0.4 is 19.9 Å². The average molecular weight is 352 g/mol. The fourth-order valence-electron chi connectivity index (χ4n) is 3.39. The van der Waals surface area contributed by atoms with Gasteiger partial charge in [-0.3, -0.25) is 9.20 Å². The minimum atomic E-state index is -0.0397. The Morgan fingerprint density at radius 1 is 1.19 bits per heavy atom. The van der Waals surface area contributed by atoms with Crippen LogP contribution in [0.2, 0.25) is 0 Å². The Hall–Kier alpha value is -2.86. The second-order valence-electron chi connectivity index (χ2n) is 6.78. The first-order valence-corrected chi connectivity index (χ1v) is 8.78. The highest BCUT2D eigenvalue weighted by Gasteiger charge is 2.24. The average Bonchev–Trinajstić information content (AvgIpc) is 2.61. The third-order valence-electron chi connectivity index (χ3n) is 4.56. The van der Waals surface area contributed by atoms with Crippen molar-refractivity contribution in [3.05, 3.63) is 70.3 Å². The van der Waals surface area contributed by atoms with Gasteiger partial charge in [-0.15, -0.1) is 0 Å². The molecule has 1 unspecified atom stereocenters. The molecule has 1 N–H and O–H groups in total. The Kier molecular flexibility index (Phi) is 4.34. The second kappa shape index (κ2) is 6.80. The summed E-state index contributed by atoms with van der Waals surface area (Å²) in [7, 11) is 2.07. The smallest absolute Gasteiger partial charge is 0.258 e. The molecule has 2 atom stereocenters. The SMILES string of the molecule is Cc1cccc2nc(C[NH+](C)C[C@H]3COc4ccccc4O3)cc(=O)n12. The van der Waals surface area contributed by atoms with Crippen LogP contribution >= 0.6 is 0 Å². The Morgan fingerprint density at radius 3 is 2.85 bits per heavy atom. The van der Waals surface area contributed by atoms with Crippen molar-refractivity contribution in [1.82, 2.24) is 9.38 Å². The molecule has 0 aliphatic carbocycles. The van der Waals surface area contributed by atoms with Crippen LogP contribution in [-0.2, 0) is 6.54 Å². The highest BCUT2D eigenvalue weighted by atomic mass is 16.6. The van der Waals surface area contributed by atoms with Crippen molar-refractivity contribution >= 4 is 5.65 Å². The fourth-order valence-corrected chi connectivity index (χ4v) is 3.39. The number of para-hydroxylation sites is 2. The number of aryl methyl sites for hydroxylation is 1. The topological polar surface area (TPSA) is 57.3 Å². The zero-order valence-electron chi connectivity index (χ0n) is 14.9. The maximum absolute atomic E-state index is 12.4. The molecule has 0 amide bonds. The molecule has 0 saturated carbocycles. The predicted molar refractivity (Wildman–Crippen MR) is 98.0 cm³/mol. The van der Waals surface area contributed by atoms with E-state index < -0.39 is 0 Å². The molecule has 0 radical (unpaired) electrons. The van der Waals surface area contributed by atoms with E-state index in [1.165, 1.54) is 4.90 Å². The summed E-state index contributed by atoms with van der Waals surface area (Å²) < 4.78 is 13.4. The first kappa shape index (κ1) is 16.6. The van der Waals surface area contributed by atoms with E-state index in [1.807, 2.05) is 49.4 Å². The minimum absolute atomic E-state index is 0.0197. The Bertz CT molecular complexity index is 999. The van der Waals surface area contributed by atoms with Crippen LogP contribution in [-0.4, -0.2) is 35.7 Å². The quantitative estimate of drug-likeness (QED) is 0.757. The molecule has 6 nitrogen and oxygen atoms in total. The predicted octanol–water partition coefficient (Wildman–Crippen LogP) is 0.858. The number of nitrogens with one attached hydrogen (secondary N) is 1. The number of quaternary nitrogens is 1. The van der Waals surface area contributed by atoms with Gasteiger partial charge in [-0.25, -0.2) is 4.98 Å². The molecule has 4 rings (SSSR count). The lowest BCUT2D eigenvalue weighted by Crippen LogP contribution is -3.09. The van der Waals surface area contributed by atoms with Gasteiger partial charge < -0.3 is 14.4 Å². The summed E-state index contributed by atoms with van der Waals surface area (Å²) in [5.74, 6) is 1.58. The molecule has 2 aromatic heterocycles. The lowest BCUT2D eigenvalue weighted by Gasteiger charge is -2.27. The van der Waals surface area contributed by atoms with E-state index in [9.17, 15) is 4.79 Å². The normalized spacial score (nSPS) is 17.2. The summed E-state index contributed by atoms with van der Waals surface area (Å²) in [6.45, 7) is 3.86. The van der Waals surface area contributed by atoms with Gasteiger partial charge in [-0.05, 0) is 31.2 Å². The van der Waals surface area contributed by atoms with Crippen molar-refractivity contribution in [3.8, 4) is 11.5 Å².